The van der Waals surface area contributed by atoms with Crippen molar-refractivity contribution < 1.29 is 14.3 Å². The summed E-state index contributed by atoms with van der Waals surface area (Å²) in [6.07, 6.45) is 1.52. The van der Waals surface area contributed by atoms with E-state index in [4.69, 9.17) is 9.47 Å². The van der Waals surface area contributed by atoms with Crippen LogP contribution in [0.15, 0.2) is 48.0 Å². The van der Waals surface area contributed by atoms with Gasteiger partial charge in [-0.05, 0) is 37.6 Å². The summed E-state index contributed by atoms with van der Waals surface area (Å²) in [5.41, 5.74) is 3.66. The van der Waals surface area contributed by atoms with Gasteiger partial charge in [0, 0.05) is 5.56 Å². The molecule has 0 saturated heterocycles. The number of carbonyl (C=O) groups is 1. The van der Waals surface area contributed by atoms with E-state index in [1.807, 2.05) is 62.4 Å². The van der Waals surface area contributed by atoms with E-state index in [0.717, 1.165) is 22.3 Å². The van der Waals surface area contributed by atoms with E-state index < -0.39 is 5.97 Å². The Morgan fingerprint density at radius 2 is 1.79 bits per heavy atom. The molecule has 0 N–H and O–H groups in total. The lowest BCUT2D eigenvalue weighted by Gasteiger charge is -2.10. The van der Waals surface area contributed by atoms with Crippen LogP contribution in [0.2, 0.25) is 0 Å². The van der Waals surface area contributed by atoms with Crippen LogP contribution in [0, 0.1) is 25.2 Å². The molecule has 122 valence electrons. The van der Waals surface area contributed by atoms with Crippen LogP contribution in [0.1, 0.15) is 22.3 Å². The van der Waals surface area contributed by atoms with Gasteiger partial charge in [-0.25, -0.2) is 4.79 Å². The molecule has 4 nitrogen and oxygen atoms in total. The molecule has 2 aromatic rings. The van der Waals surface area contributed by atoms with E-state index in [1.165, 1.54) is 6.08 Å². The van der Waals surface area contributed by atoms with Gasteiger partial charge in [0.15, 0.2) is 0 Å². The van der Waals surface area contributed by atoms with Crippen LogP contribution in [0.4, 0.5) is 0 Å². The van der Waals surface area contributed by atoms with Crippen molar-refractivity contribution in [1.29, 1.82) is 5.26 Å². The number of rotatable bonds is 5. The van der Waals surface area contributed by atoms with Gasteiger partial charge in [-0.1, -0.05) is 41.5 Å². The molecule has 0 unspecified atom stereocenters. The zero-order valence-electron chi connectivity index (χ0n) is 14.0. The van der Waals surface area contributed by atoms with E-state index in [0.29, 0.717) is 5.75 Å². The number of esters is 1. The molecule has 0 aliphatic carbocycles. The fourth-order valence-electron chi connectivity index (χ4n) is 2.21. The average Bonchev–Trinajstić information content (AvgIpc) is 2.59. The van der Waals surface area contributed by atoms with Gasteiger partial charge in [-0.2, -0.15) is 5.26 Å². The summed E-state index contributed by atoms with van der Waals surface area (Å²) < 4.78 is 10.5. The minimum atomic E-state index is -0.651. The Labute approximate surface area is 141 Å². The normalized spacial score (nSPS) is 10.8. The lowest BCUT2D eigenvalue weighted by atomic mass is 10.1. The summed E-state index contributed by atoms with van der Waals surface area (Å²) in [4.78, 5) is 12.1. The fraction of sp³-hybridized carbons (Fsp3) is 0.200. The average molecular weight is 321 g/mol. The van der Waals surface area contributed by atoms with Crippen molar-refractivity contribution in [2.75, 3.05) is 7.11 Å². The number of carbonyl (C=O) groups excluding carboxylic acids is 1. The molecule has 0 aromatic heterocycles. The second kappa shape index (κ2) is 7.98. The Morgan fingerprint density at radius 3 is 2.42 bits per heavy atom. The summed E-state index contributed by atoms with van der Waals surface area (Å²) in [5.74, 6) is -0.00365. The first-order chi connectivity index (χ1) is 11.5. The summed E-state index contributed by atoms with van der Waals surface area (Å²) >= 11 is 0. The number of methoxy groups -OCH3 is 1. The van der Waals surface area contributed by atoms with Crippen molar-refractivity contribution in [2.24, 2.45) is 0 Å². The third kappa shape index (κ3) is 4.47. The lowest BCUT2D eigenvalue weighted by Crippen LogP contribution is -2.07. The molecule has 2 aromatic carbocycles. The molecule has 0 atom stereocenters. The van der Waals surface area contributed by atoms with Gasteiger partial charge in [0.25, 0.3) is 0 Å². The highest BCUT2D eigenvalue weighted by Gasteiger charge is 2.13. The minimum Gasteiger partial charge on any atom is -0.496 e. The quantitative estimate of drug-likeness (QED) is 0.475. The molecule has 0 aliphatic rings. The Balaban J connectivity index is 2.12. The first kappa shape index (κ1) is 17.3. The van der Waals surface area contributed by atoms with E-state index in [-0.39, 0.29) is 12.2 Å². The molecule has 0 heterocycles. The fourth-order valence-corrected chi connectivity index (χ4v) is 2.21. The smallest absolute Gasteiger partial charge is 0.349 e. The maximum atomic E-state index is 12.1. The number of nitriles is 1. The van der Waals surface area contributed by atoms with Crippen molar-refractivity contribution >= 4 is 12.0 Å². The third-order valence-electron chi connectivity index (χ3n) is 3.52. The van der Waals surface area contributed by atoms with E-state index in [2.05, 4.69) is 0 Å². The summed E-state index contributed by atoms with van der Waals surface area (Å²) in [7, 11) is 1.56. The number of benzene rings is 2. The molecule has 0 radical (unpaired) electrons. The third-order valence-corrected chi connectivity index (χ3v) is 3.52. The van der Waals surface area contributed by atoms with Gasteiger partial charge in [0.1, 0.15) is 24.0 Å². The molecule has 0 spiro atoms. The first-order valence-electron chi connectivity index (χ1n) is 7.52. The second-order valence-electron chi connectivity index (χ2n) is 5.47. The predicted octanol–water partition coefficient (Wildman–Crippen LogP) is 3.96. The van der Waals surface area contributed by atoms with Crippen LogP contribution in [0.3, 0.4) is 0 Å². The molecule has 0 amide bonds. The van der Waals surface area contributed by atoms with Crippen molar-refractivity contribution in [3.05, 3.63) is 70.3 Å². The SMILES string of the molecule is COc1ccc(C)cc1COC(=O)/C(C#N)=C/c1ccc(C)cc1. The molecule has 0 fully saturated rings. The monoisotopic (exact) mass is 321 g/mol. The summed E-state index contributed by atoms with van der Waals surface area (Å²) in [6, 6.07) is 15.1. The molecule has 0 saturated carbocycles. The Hall–Kier alpha value is -3.06. The number of hydrogen-bond donors (Lipinski definition) is 0. The Bertz CT molecular complexity index is 799. The minimum absolute atomic E-state index is 0.0366. The van der Waals surface area contributed by atoms with Gasteiger partial charge < -0.3 is 9.47 Å². The van der Waals surface area contributed by atoms with Crippen molar-refractivity contribution in [2.45, 2.75) is 20.5 Å². The van der Waals surface area contributed by atoms with Crippen LogP contribution >= 0.6 is 0 Å². The molecule has 2 rings (SSSR count). The number of nitrogens with zero attached hydrogens (tertiary/aromatic N) is 1. The highest BCUT2D eigenvalue weighted by molar-refractivity contribution is 5.97. The van der Waals surface area contributed by atoms with Crippen LogP contribution in [0.25, 0.3) is 6.08 Å². The van der Waals surface area contributed by atoms with Crippen molar-refractivity contribution in [3.8, 4) is 11.8 Å². The van der Waals surface area contributed by atoms with E-state index >= 15 is 0 Å². The van der Waals surface area contributed by atoms with Gasteiger partial charge >= 0.3 is 5.97 Å². The molecule has 4 heteroatoms. The van der Waals surface area contributed by atoms with Crippen LogP contribution in [-0.2, 0) is 16.1 Å². The van der Waals surface area contributed by atoms with Gasteiger partial charge in [0.05, 0.1) is 7.11 Å². The van der Waals surface area contributed by atoms with Crippen LogP contribution in [-0.4, -0.2) is 13.1 Å². The van der Waals surface area contributed by atoms with Crippen molar-refractivity contribution in [3.63, 3.8) is 0 Å². The van der Waals surface area contributed by atoms with E-state index in [9.17, 15) is 10.1 Å². The molecular formula is C20H19NO3. The van der Waals surface area contributed by atoms with Gasteiger partial charge in [0.2, 0.25) is 0 Å². The number of ether oxygens (including phenoxy) is 2. The lowest BCUT2D eigenvalue weighted by molar-refractivity contribution is -0.139. The molecular weight excluding hydrogens is 302 g/mol. The summed E-state index contributed by atoms with van der Waals surface area (Å²) in [5, 5.41) is 9.21. The molecule has 0 aliphatic heterocycles. The highest BCUT2D eigenvalue weighted by atomic mass is 16.5. The largest absolute Gasteiger partial charge is 0.496 e. The zero-order chi connectivity index (χ0) is 17.5. The standard InChI is InChI=1S/C20H19NO3/c1-14-4-7-16(8-5-14)11-17(12-21)20(22)24-13-18-10-15(2)6-9-19(18)23-3/h4-11H,13H2,1-3H3/b17-11+. The topological polar surface area (TPSA) is 59.3 Å². The maximum absolute atomic E-state index is 12.1. The van der Waals surface area contributed by atoms with Gasteiger partial charge in [-0.15, -0.1) is 0 Å². The van der Waals surface area contributed by atoms with Crippen molar-refractivity contribution in [1.82, 2.24) is 0 Å². The highest BCUT2D eigenvalue weighted by Crippen LogP contribution is 2.21. The Morgan fingerprint density at radius 1 is 1.12 bits per heavy atom. The summed E-state index contributed by atoms with van der Waals surface area (Å²) in [6.45, 7) is 3.97. The van der Waals surface area contributed by atoms with Gasteiger partial charge in [-0.3, -0.25) is 0 Å². The molecule has 24 heavy (non-hydrogen) atoms. The molecule has 0 bridgehead atoms. The second-order valence-corrected chi connectivity index (χ2v) is 5.47. The van der Waals surface area contributed by atoms with E-state index in [1.54, 1.807) is 7.11 Å². The number of hydrogen-bond acceptors (Lipinski definition) is 4. The number of aryl methyl sites for hydroxylation is 2. The maximum Gasteiger partial charge on any atom is 0.349 e. The predicted molar refractivity (Wildman–Crippen MR) is 92.3 cm³/mol. The van der Waals surface area contributed by atoms with Crippen LogP contribution < -0.4 is 4.74 Å². The van der Waals surface area contributed by atoms with Crippen LogP contribution in [0.5, 0.6) is 5.75 Å². The first-order valence-corrected chi connectivity index (χ1v) is 7.52. The Kier molecular flexibility index (Phi) is 5.75. The zero-order valence-corrected chi connectivity index (χ0v) is 14.0.